The van der Waals surface area contributed by atoms with Gasteiger partial charge >= 0.3 is 0 Å². The summed E-state index contributed by atoms with van der Waals surface area (Å²) in [4.78, 5) is 26.0. The first kappa shape index (κ1) is 17.3. The Kier molecular flexibility index (Phi) is 5.41. The number of aromatic nitrogens is 2. The molecule has 2 N–H and O–H groups in total. The Morgan fingerprint density at radius 2 is 1.92 bits per heavy atom. The van der Waals surface area contributed by atoms with E-state index in [1.807, 2.05) is 31.1 Å². The molecule has 1 aromatic carbocycles. The second kappa shape index (κ2) is 7.49. The molecule has 0 atom stereocenters. The van der Waals surface area contributed by atoms with Crippen molar-refractivity contribution in [2.75, 3.05) is 38.0 Å². The fourth-order valence-corrected chi connectivity index (χ4v) is 2.08. The molecule has 0 spiro atoms. The molecular weight excluding hydrogens is 310 g/mol. The van der Waals surface area contributed by atoms with E-state index in [-0.39, 0.29) is 23.9 Å². The standard InChI is InChI=1S/C16H21N5O3/c1-20(2)12-7-5-11(6-8-12)18-14(22)9-17-15(23)13-10-21(3)19-16(13)24-4/h5-8,10H,9H2,1-4H3,(H,17,23)(H,18,22). The molecule has 0 aliphatic rings. The molecule has 8 nitrogen and oxygen atoms in total. The van der Waals surface area contributed by atoms with Crippen LogP contribution >= 0.6 is 0 Å². The van der Waals surface area contributed by atoms with Crippen molar-refractivity contribution in [3.8, 4) is 5.88 Å². The number of hydrogen-bond acceptors (Lipinski definition) is 5. The van der Waals surface area contributed by atoms with Crippen molar-refractivity contribution in [3.63, 3.8) is 0 Å². The summed E-state index contributed by atoms with van der Waals surface area (Å²) < 4.78 is 6.50. The SMILES string of the molecule is COc1nn(C)cc1C(=O)NCC(=O)Nc1ccc(N(C)C)cc1. The van der Waals surface area contributed by atoms with Gasteiger partial charge in [0.1, 0.15) is 5.56 Å². The van der Waals surface area contributed by atoms with Gasteiger partial charge in [-0.2, -0.15) is 0 Å². The lowest BCUT2D eigenvalue weighted by Gasteiger charge is -2.13. The molecule has 0 saturated carbocycles. The molecule has 0 unspecified atom stereocenters. The lowest BCUT2D eigenvalue weighted by molar-refractivity contribution is -0.115. The maximum atomic E-state index is 12.1. The van der Waals surface area contributed by atoms with Crippen LogP contribution in [0.3, 0.4) is 0 Å². The second-order valence-electron chi connectivity index (χ2n) is 5.40. The van der Waals surface area contributed by atoms with Gasteiger partial charge < -0.3 is 20.3 Å². The van der Waals surface area contributed by atoms with Crippen LogP contribution in [0, 0.1) is 0 Å². The van der Waals surface area contributed by atoms with Gasteiger partial charge in [-0.3, -0.25) is 14.3 Å². The van der Waals surface area contributed by atoms with Crippen molar-refractivity contribution < 1.29 is 14.3 Å². The van der Waals surface area contributed by atoms with Crippen molar-refractivity contribution in [1.82, 2.24) is 15.1 Å². The Bertz CT molecular complexity index is 722. The Labute approximate surface area is 140 Å². The molecule has 128 valence electrons. The average Bonchev–Trinajstić information content (AvgIpc) is 2.94. The van der Waals surface area contributed by atoms with E-state index in [0.29, 0.717) is 5.69 Å². The molecule has 2 aromatic rings. The van der Waals surface area contributed by atoms with Crippen molar-refractivity contribution in [2.24, 2.45) is 7.05 Å². The summed E-state index contributed by atoms with van der Waals surface area (Å²) in [6.07, 6.45) is 1.53. The topological polar surface area (TPSA) is 88.5 Å². The van der Waals surface area contributed by atoms with Crippen molar-refractivity contribution in [3.05, 3.63) is 36.0 Å². The van der Waals surface area contributed by atoms with Crippen LogP contribution in [-0.2, 0) is 11.8 Å². The molecule has 0 bridgehead atoms. The second-order valence-corrected chi connectivity index (χ2v) is 5.40. The smallest absolute Gasteiger partial charge is 0.258 e. The van der Waals surface area contributed by atoms with E-state index < -0.39 is 5.91 Å². The van der Waals surface area contributed by atoms with Gasteiger partial charge in [-0.25, -0.2) is 0 Å². The van der Waals surface area contributed by atoms with Gasteiger partial charge in [-0.1, -0.05) is 0 Å². The molecule has 0 fully saturated rings. The monoisotopic (exact) mass is 331 g/mol. The van der Waals surface area contributed by atoms with E-state index in [1.165, 1.54) is 18.0 Å². The molecule has 2 rings (SSSR count). The number of rotatable bonds is 6. The number of carbonyl (C=O) groups is 2. The zero-order chi connectivity index (χ0) is 17.7. The van der Waals surface area contributed by atoms with E-state index in [9.17, 15) is 9.59 Å². The number of nitrogens with zero attached hydrogens (tertiary/aromatic N) is 3. The molecule has 24 heavy (non-hydrogen) atoms. The molecule has 0 saturated heterocycles. The van der Waals surface area contributed by atoms with Gasteiger partial charge in [0.25, 0.3) is 5.91 Å². The first-order chi connectivity index (χ1) is 11.4. The normalized spacial score (nSPS) is 10.2. The number of carbonyl (C=O) groups excluding carboxylic acids is 2. The molecule has 2 amide bonds. The van der Waals surface area contributed by atoms with Crippen LogP contribution in [0.1, 0.15) is 10.4 Å². The van der Waals surface area contributed by atoms with Crippen LogP contribution in [0.2, 0.25) is 0 Å². The lowest BCUT2D eigenvalue weighted by atomic mass is 10.2. The highest BCUT2D eigenvalue weighted by Gasteiger charge is 2.16. The van der Waals surface area contributed by atoms with Crippen LogP contribution in [0.5, 0.6) is 5.88 Å². The number of benzene rings is 1. The first-order valence-corrected chi connectivity index (χ1v) is 7.33. The largest absolute Gasteiger partial charge is 0.479 e. The Morgan fingerprint density at radius 3 is 2.50 bits per heavy atom. The van der Waals surface area contributed by atoms with Gasteiger partial charge in [0.15, 0.2) is 0 Å². The third-order valence-electron chi connectivity index (χ3n) is 3.31. The van der Waals surface area contributed by atoms with E-state index in [1.54, 1.807) is 19.2 Å². The van der Waals surface area contributed by atoms with Crippen LogP contribution in [0.4, 0.5) is 11.4 Å². The maximum Gasteiger partial charge on any atom is 0.258 e. The zero-order valence-electron chi connectivity index (χ0n) is 14.2. The molecule has 8 heteroatoms. The Morgan fingerprint density at radius 1 is 1.25 bits per heavy atom. The molecule has 1 heterocycles. The van der Waals surface area contributed by atoms with E-state index in [4.69, 9.17) is 4.74 Å². The number of aryl methyl sites for hydroxylation is 1. The van der Waals surface area contributed by atoms with E-state index in [2.05, 4.69) is 15.7 Å². The molecular formula is C16H21N5O3. The third-order valence-corrected chi connectivity index (χ3v) is 3.31. The van der Waals surface area contributed by atoms with Crippen molar-refractivity contribution in [2.45, 2.75) is 0 Å². The van der Waals surface area contributed by atoms with Crippen LogP contribution < -0.4 is 20.3 Å². The highest BCUT2D eigenvalue weighted by Crippen LogP contribution is 2.16. The van der Waals surface area contributed by atoms with Gasteiger partial charge in [-0.15, -0.1) is 5.10 Å². The van der Waals surface area contributed by atoms with Gasteiger partial charge in [0.2, 0.25) is 11.8 Å². The summed E-state index contributed by atoms with van der Waals surface area (Å²) in [5.41, 5.74) is 1.98. The fourth-order valence-electron chi connectivity index (χ4n) is 2.08. The Balaban J connectivity index is 1.89. The summed E-state index contributed by atoms with van der Waals surface area (Å²) in [6.45, 7) is -0.147. The zero-order valence-corrected chi connectivity index (χ0v) is 14.2. The van der Waals surface area contributed by atoms with Gasteiger partial charge in [0.05, 0.1) is 13.7 Å². The summed E-state index contributed by atoms with van der Waals surface area (Å²) in [5, 5.41) is 9.27. The predicted octanol–water partition coefficient (Wildman–Crippen LogP) is 0.863. The highest BCUT2D eigenvalue weighted by molar-refractivity contribution is 6.00. The Hall–Kier alpha value is -3.03. The minimum atomic E-state index is -0.418. The number of methoxy groups -OCH3 is 1. The van der Waals surface area contributed by atoms with Gasteiger partial charge in [0, 0.05) is 38.7 Å². The number of hydrogen-bond donors (Lipinski definition) is 2. The molecule has 0 aliphatic heterocycles. The van der Waals surface area contributed by atoms with E-state index >= 15 is 0 Å². The summed E-state index contributed by atoms with van der Waals surface area (Å²) in [7, 11) is 7.00. The van der Waals surface area contributed by atoms with Crippen LogP contribution in [0.25, 0.3) is 0 Å². The summed E-state index contributed by atoms with van der Waals surface area (Å²) in [6, 6.07) is 7.40. The lowest BCUT2D eigenvalue weighted by Crippen LogP contribution is -2.32. The third kappa shape index (κ3) is 4.25. The molecule has 0 aliphatic carbocycles. The number of amides is 2. The average molecular weight is 331 g/mol. The summed E-state index contributed by atoms with van der Waals surface area (Å²) in [5.74, 6) is -0.517. The van der Waals surface area contributed by atoms with Crippen molar-refractivity contribution in [1.29, 1.82) is 0 Å². The summed E-state index contributed by atoms with van der Waals surface area (Å²) >= 11 is 0. The van der Waals surface area contributed by atoms with Crippen molar-refractivity contribution >= 4 is 23.2 Å². The van der Waals surface area contributed by atoms with E-state index in [0.717, 1.165) is 5.69 Å². The predicted molar refractivity (Wildman–Crippen MR) is 91.5 cm³/mol. The number of ether oxygens (including phenoxy) is 1. The van der Waals surface area contributed by atoms with Gasteiger partial charge in [-0.05, 0) is 24.3 Å². The first-order valence-electron chi connectivity index (χ1n) is 7.33. The minimum Gasteiger partial charge on any atom is -0.479 e. The highest BCUT2D eigenvalue weighted by atomic mass is 16.5. The molecule has 1 aromatic heterocycles. The van der Waals surface area contributed by atoms with Crippen LogP contribution in [-0.4, -0.2) is 49.3 Å². The minimum absolute atomic E-state index is 0.147. The number of anilines is 2. The quantitative estimate of drug-likeness (QED) is 0.820. The maximum absolute atomic E-state index is 12.1. The fraction of sp³-hybridized carbons (Fsp3) is 0.312. The number of nitrogens with one attached hydrogen (secondary N) is 2. The van der Waals surface area contributed by atoms with Crippen LogP contribution in [0.15, 0.2) is 30.5 Å². The molecule has 0 radical (unpaired) electrons.